The van der Waals surface area contributed by atoms with Crippen LogP contribution in [0.1, 0.15) is 12.5 Å². The lowest BCUT2D eigenvalue weighted by atomic mass is 9.95. The van der Waals surface area contributed by atoms with Gasteiger partial charge in [0.25, 0.3) is 10.0 Å². The van der Waals surface area contributed by atoms with E-state index in [2.05, 4.69) is 5.32 Å². The molecule has 106 valence electrons. The quantitative estimate of drug-likeness (QED) is 0.906. The van der Waals surface area contributed by atoms with Crippen LogP contribution in [0.2, 0.25) is 4.34 Å². The second kappa shape index (κ2) is 4.70. The number of nitrogens with one attached hydrogen (secondary N) is 1. The van der Waals surface area contributed by atoms with Crippen molar-refractivity contribution in [1.82, 2.24) is 9.62 Å². The second-order valence-electron chi connectivity index (χ2n) is 5.42. The molecule has 1 aromatic rings. The SMILES string of the molecule is Cc1cc(S(=O)(=O)N2CC3CNCC3C2C)sc1Cl. The van der Waals surface area contributed by atoms with Crippen molar-refractivity contribution in [3.8, 4) is 0 Å². The van der Waals surface area contributed by atoms with E-state index in [1.165, 1.54) is 0 Å². The number of fused-ring (bicyclic) bond motifs is 1. The molecule has 2 aliphatic heterocycles. The molecule has 0 bridgehead atoms. The van der Waals surface area contributed by atoms with E-state index >= 15 is 0 Å². The van der Waals surface area contributed by atoms with Gasteiger partial charge in [-0.15, -0.1) is 11.3 Å². The first kappa shape index (κ1) is 13.8. The third-order valence-electron chi connectivity index (χ3n) is 4.28. The number of rotatable bonds is 2. The smallest absolute Gasteiger partial charge is 0.252 e. The van der Waals surface area contributed by atoms with Gasteiger partial charge in [0.15, 0.2) is 0 Å². The lowest BCUT2D eigenvalue weighted by Gasteiger charge is -2.23. The van der Waals surface area contributed by atoms with Crippen LogP contribution in [0.25, 0.3) is 0 Å². The maximum atomic E-state index is 12.7. The standard InChI is InChI=1S/C12H17ClN2O2S2/c1-7-3-11(18-12(7)13)19(16,17)15-6-9-4-14-5-10(9)8(15)2/h3,8-10,14H,4-6H2,1-2H3. The van der Waals surface area contributed by atoms with Crippen LogP contribution >= 0.6 is 22.9 Å². The zero-order chi connectivity index (χ0) is 13.8. The molecule has 3 heterocycles. The summed E-state index contributed by atoms with van der Waals surface area (Å²) in [6.45, 7) is 6.31. The van der Waals surface area contributed by atoms with Gasteiger partial charge in [-0.25, -0.2) is 8.42 Å². The summed E-state index contributed by atoms with van der Waals surface area (Å²) in [4.78, 5) is 0. The Morgan fingerprint density at radius 1 is 1.47 bits per heavy atom. The van der Waals surface area contributed by atoms with Crippen molar-refractivity contribution in [2.24, 2.45) is 11.8 Å². The van der Waals surface area contributed by atoms with E-state index in [-0.39, 0.29) is 6.04 Å². The van der Waals surface area contributed by atoms with Gasteiger partial charge in [0, 0.05) is 12.6 Å². The number of thiophene rings is 1. The number of nitrogens with zero attached hydrogens (tertiary/aromatic N) is 1. The molecule has 3 atom stereocenters. The van der Waals surface area contributed by atoms with Crippen LogP contribution in [0, 0.1) is 18.8 Å². The van der Waals surface area contributed by atoms with Crippen molar-refractivity contribution in [2.45, 2.75) is 24.1 Å². The Morgan fingerprint density at radius 2 is 2.21 bits per heavy atom. The summed E-state index contributed by atoms with van der Waals surface area (Å²) >= 11 is 7.16. The summed E-state index contributed by atoms with van der Waals surface area (Å²) < 4.78 is 28.0. The first-order valence-corrected chi connectivity index (χ1v) is 9.03. The van der Waals surface area contributed by atoms with E-state index in [9.17, 15) is 8.42 Å². The van der Waals surface area contributed by atoms with Crippen molar-refractivity contribution in [1.29, 1.82) is 0 Å². The number of hydrogen-bond acceptors (Lipinski definition) is 4. The number of hydrogen-bond donors (Lipinski definition) is 1. The average Bonchev–Trinajstić information content (AvgIpc) is 2.99. The Labute approximate surface area is 122 Å². The molecule has 0 radical (unpaired) electrons. The van der Waals surface area contributed by atoms with E-state index in [1.54, 1.807) is 10.4 Å². The number of aryl methyl sites for hydroxylation is 1. The average molecular weight is 321 g/mol. The fraction of sp³-hybridized carbons (Fsp3) is 0.667. The minimum absolute atomic E-state index is 0.0613. The summed E-state index contributed by atoms with van der Waals surface area (Å²) in [5.74, 6) is 0.882. The molecule has 2 saturated heterocycles. The van der Waals surface area contributed by atoms with Crippen LogP contribution < -0.4 is 5.32 Å². The van der Waals surface area contributed by atoms with Gasteiger partial charge in [0.05, 0.1) is 4.34 Å². The van der Waals surface area contributed by atoms with E-state index in [4.69, 9.17) is 11.6 Å². The Kier molecular flexibility index (Phi) is 3.42. The zero-order valence-electron chi connectivity index (χ0n) is 10.9. The third-order valence-corrected chi connectivity index (χ3v) is 8.23. The molecule has 1 N–H and O–H groups in total. The van der Waals surface area contributed by atoms with Gasteiger partial charge < -0.3 is 5.32 Å². The highest BCUT2D eigenvalue weighted by molar-refractivity contribution is 7.91. The van der Waals surface area contributed by atoms with Crippen LogP contribution in [0.5, 0.6) is 0 Å². The molecule has 0 amide bonds. The second-order valence-corrected chi connectivity index (χ2v) is 9.19. The van der Waals surface area contributed by atoms with Crippen molar-refractivity contribution in [3.63, 3.8) is 0 Å². The van der Waals surface area contributed by atoms with E-state index in [0.29, 0.717) is 26.9 Å². The summed E-state index contributed by atoms with van der Waals surface area (Å²) in [6, 6.07) is 1.74. The molecule has 4 nitrogen and oxygen atoms in total. The normalized spacial score (nSPS) is 31.8. The Hall–Kier alpha value is -0.140. The van der Waals surface area contributed by atoms with Gasteiger partial charge in [-0.3, -0.25) is 0 Å². The van der Waals surface area contributed by atoms with E-state index < -0.39 is 10.0 Å². The summed E-state index contributed by atoms with van der Waals surface area (Å²) in [5.41, 5.74) is 0.832. The minimum atomic E-state index is -3.39. The molecule has 3 unspecified atom stereocenters. The first-order valence-electron chi connectivity index (χ1n) is 6.39. The third kappa shape index (κ3) is 2.14. The molecule has 2 fully saturated rings. The first-order chi connectivity index (χ1) is 8.91. The molecule has 1 aromatic heterocycles. The molecule has 0 aromatic carbocycles. The maximum absolute atomic E-state index is 12.7. The highest BCUT2D eigenvalue weighted by atomic mass is 35.5. The van der Waals surface area contributed by atoms with Crippen LogP contribution in [0.15, 0.2) is 10.3 Å². The van der Waals surface area contributed by atoms with Gasteiger partial charge >= 0.3 is 0 Å². The topological polar surface area (TPSA) is 49.4 Å². The fourth-order valence-electron chi connectivity index (χ4n) is 3.12. The fourth-order valence-corrected chi connectivity index (χ4v) is 6.69. The van der Waals surface area contributed by atoms with Gasteiger partial charge in [0.2, 0.25) is 0 Å². The van der Waals surface area contributed by atoms with Crippen LogP contribution in [-0.4, -0.2) is 38.4 Å². The molecule has 3 rings (SSSR count). The zero-order valence-corrected chi connectivity index (χ0v) is 13.3. The monoisotopic (exact) mass is 320 g/mol. The van der Waals surface area contributed by atoms with Gasteiger partial charge in [-0.05, 0) is 50.4 Å². The van der Waals surface area contributed by atoms with Crippen molar-refractivity contribution < 1.29 is 8.42 Å². The molecule has 0 saturated carbocycles. The van der Waals surface area contributed by atoms with Crippen molar-refractivity contribution >= 4 is 33.0 Å². The van der Waals surface area contributed by atoms with E-state index in [1.807, 2.05) is 13.8 Å². The lowest BCUT2D eigenvalue weighted by Crippen LogP contribution is -2.37. The predicted octanol–water partition coefficient (Wildman–Crippen LogP) is 1.94. The van der Waals surface area contributed by atoms with Gasteiger partial charge in [-0.1, -0.05) is 11.6 Å². The molecule has 0 spiro atoms. The summed E-state index contributed by atoms with van der Waals surface area (Å²) in [5, 5.41) is 3.34. The largest absolute Gasteiger partial charge is 0.316 e. The molecule has 2 aliphatic rings. The Bertz CT molecular complexity index is 579. The molecular formula is C12H17ClN2O2S2. The summed E-state index contributed by atoms with van der Waals surface area (Å²) in [6.07, 6.45) is 0. The van der Waals surface area contributed by atoms with Crippen molar-refractivity contribution in [3.05, 3.63) is 16.0 Å². The van der Waals surface area contributed by atoms with Gasteiger partial charge in [0.1, 0.15) is 4.21 Å². The van der Waals surface area contributed by atoms with Crippen LogP contribution in [0.4, 0.5) is 0 Å². The van der Waals surface area contributed by atoms with E-state index in [0.717, 1.165) is 30.0 Å². The molecule has 0 aliphatic carbocycles. The maximum Gasteiger partial charge on any atom is 0.252 e. The highest BCUT2D eigenvalue weighted by Crippen LogP contribution is 2.39. The minimum Gasteiger partial charge on any atom is -0.316 e. The predicted molar refractivity (Wildman–Crippen MR) is 77.3 cm³/mol. The van der Waals surface area contributed by atoms with Crippen LogP contribution in [-0.2, 0) is 10.0 Å². The van der Waals surface area contributed by atoms with Gasteiger partial charge in [-0.2, -0.15) is 4.31 Å². The molecule has 7 heteroatoms. The van der Waals surface area contributed by atoms with Crippen molar-refractivity contribution in [2.75, 3.05) is 19.6 Å². The molecule has 19 heavy (non-hydrogen) atoms. The number of sulfonamides is 1. The number of halogens is 1. The lowest BCUT2D eigenvalue weighted by molar-refractivity contribution is 0.361. The highest BCUT2D eigenvalue weighted by Gasteiger charge is 2.47. The Balaban J connectivity index is 1.93. The Morgan fingerprint density at radius 3 is 2.79 bits per heavy atom. The summed E-state index contributed by atoms with van der Waals surface area (Å²) in [7, 11) is -3.39. The molecular weight excluding hydrogens is 304 g/mol. The van der Waals surface area contributed by atoms with Crippen LogP contribution in [0.3, 0.4) is 0 Å².